The number of hydrogen-bond donors (Lipinski definition) is 0. The zero-order valence-electron chi connectivity index (χ0n) is 8.86. The smallest absolute Gasteiger partial charge is 0.112 e. The predicted molar refractivity (Wildman–Crippen MR) is 58.8 cm³/mol. The van der Waals surface area contributed by atoms with Gasteiger partial charge in [-0.25, -0.2) is 0 Å². The van der Waals surface area contributed by atoms with E-state index in [1.54, 1.807) is 0 Å². The summed E-state index contributed by atoms with van der Waals surface area (Å²) in [6, 6.07) is 0. The highest BCUT2D eigenvalue weighted by Crippen LogP contribution is 2.18. The van der Waals surface area contributed by atoms with Gasteiger partial charge in [0.2, 0.25) is 0 Å². The molecule has 3 heteroatoms. The summed E-state index contributed by atoms with van der Waals surface area (Å²) in [7, 11) is -2.18. The van der Waals surface area contributed by atoms with Crippen LogP contribution in [-0.2, 0) is 0 Å². The van der Waals surface area contributed by atoms with E-state index in [0.29, 0.717) is 0 Å². The van der Waals surface area contributed by atoms with Crippen molar-refractivity contribution < 1.29 is 0 Å². The van der Waals surface area contributed by atoms with Gasteiger partial charge in [0.25, 0.3) is 0 Å². The summed E-state index contributed by atoms with van der Waals surface area (Å²) in [5.74, 6) is 0. The van der Waals surface area contributed by atoms with Crippen LogP contribution in [0.2, 0.25) is 39.3 Å². The van der Waals surface area contributed by atoms with Crippen LogP contribution in [0, 0.1) is 6.92 Å². The molecule has 0 aromatic heterocycles. The molecule has 0 atom stereocenters. The Morgan fingerprint density at radius 1 is 0.909 bits per heavy atom. The van der Waals surface area contributed by atoms with Gasteiger partial charge in [-0.3, -0.25) is 0 Å². The second kappa shape index (κ2) is 3.41. The summed E-state index contributed by atoms with van der Waals surface area (Å²) in [4.78, 5) is 0. The second-order valence-electron chi connectivity index (χ2n) is 4.99. The SMILES string of the molecule is [CH2]CN([Si](C)(C)C)[Si](C)(C)C. The van der Waals surface area contributed by atoms with Crippen LogP contribution >= 0.6 is 0 Å². The molecule has 0 aromatic rings. The van der Waals surface area contributed by atoms with Gasteiger partial charge >= 0.3 is 0 Å². The zero-order valence-corrected chi connectivity index (χ0v) is 10.9. The van der Waals surface area contributed by atoms with Crippen molar-refractivity contribution >= 4 is 16.5 Å². The van der Waals surface area contributed by atoms with Crippen LogP contribution in [0.5, 0.6) is 0 Å². The van der Waals surface area contributed by atoms with Gasteiger partial charge in [0.15, 0.2) is 0 Å². The minimum Gasteiger partial charge on any atom is -0.346 e. The standard InChI is InChI=1S/C8H22NSi2/c1-8-9(10(2,3)4)11(5,6)7/h1,8H2,2-7H3. The third-order valence-electron chi connectivity index (χ3n) is 1.84. The largest absolute Gasteiger partial charge is 0.346 e. The molecule has 0 fully saturated rings. The summed E-state index contributed by atoms with van der Waals surface area (Å²) in [5, 5.41) is 0. The highest BCUT2D eigenvalue weighted by molar-refractivity contribution is 6.89. The Morgan fingerprint density at radius 2 is 1.18 bits per heavy atom. The molecule has 0 aromatic carbocycles. The summed E-state index contributed by atoms with van der Waals surface area (Å²) in [6.07, 6.45) is 0. The van der Waals surface area contributed by atoms with Crippen molar-refractivity contribution in [3.63, 3.8) is 0 Å². The van der Waals surface area contributed by atoms with Crippen molar-refractivity contribution in [2.24, 2.45) is 0 Å². The van der Waals surface area contributed by atoms with Crippen molar-refractivity contribution in [2.45, 2.75) is 39.3 Å². The topological polar surface area (TPSA) is 3.24 Å². The molecule has 0 unspecified atom stereocenters. The van der Waals surface area contributed by atoms with Gasteiger partial charge in [0.1, 0.15) is 16.5 Å². The first-order valence-electron chi connectivity index (χ1n) is 4.26. The molecule has 11 heavy (non-hydrogen) atoms. The minimum atomic E-state index is -1.09. The summed E-state index contributed by atoms with van der Waals surface area (Å²) >= 11 is 0. The fourth-order valence-corrected chi connectivity index (χ4v) is 11.1. The van der Waals surface area contributed by atoms with Gasteiger partial charge in [-0.15, -0.1) is 0 Å². The van der Waals surface area contributed by atoms with Crippen LogP contribution in [0.25, 0.3) is 0 Å². The van der Waals surface area contributed by atoms with Gasteiger partial charge in [-0.05, 0) is 13.5 Å². The first kappa shape index (κ1) is 11.4. The fraction of sp³-hybridized carbons (Fsp3) is 0.875. The van der Waals surface area contributed by atoms with Gasteiger partial charge in [-0.1, -0.05) is 39.3 Å². The number of hydrogen-bond acceptors (Lipinski definition) is 1. The van der Waals surface area contributed by atoms with Gasteiger partial charge in [0.05, 0.1) is 0 Å². The lowest BCUT2D eigenvalue weighted by molar-refractivity contribution is 0.685. The lowest BCUT2D eigenvalue weighted by Gasteiger charge is -2.42. The molecule has 0 aliphatic carbocycles. The van der Waals surface area contributed by atoms with Crippen molar-refractivity contribution in [3.05, 3.63) is 6.92 Å². The van der Waals surface area contributed by atoms with Crippen LogP contribution in [-0.4, -0.2) is 27.2 Å². The number of nitrogens with zero attached hydrogens (tertiary/aromatic N) is 1. The van der Waals surface area contributed by atoms with E-state index in [9.17, 15) is 0 Å². The van der Waals surface area contributed by atoms with Crippen LogP contribution in [0.15, 0.2) is 0 Å². The lowest BCUT2D eigenvalue weighted by Crippen LogP contribution is -2.58. The summed E-state index contributed by atoms with van der Waals surface area (Å²) in [6.45, 7) is 19.4. The van der Waals surface area contributed by atoms with Crippen LogP contribution < -0.4 is 0 Å². The summed E-state index contributed by atoms with van der Waals surface area (Å²) < 4.78 is 2.67. The molecule has 0 amide bonds. The van der Waals surface area contributed by atoms with Crippen molar-refractivity contribution in [1.82, 2.24) is 4.23 Å². The zero-order chi connectivity index (χ0) is 9.28. The van der Waals surface area contributed by atoms with Crippen molar-refractivity contribution in [1.29, 1.82) is 0 Å². The highest BCUT2D eigenvalue weighted by atomic mass is 28.4. The lowest BCUT2D eigenvalue weighted by atomic mass is 10.8. The predicted octanol–water partition coefficient (Wildman–Crippen LogP) is 2.79. The maximum Gasteiger partial charge on any atom is 0.112 e. The molecule has 0 saturated carbocycles. The van der Waals surface area contributed by atoms with Crippen molar-refractivity contribution in [2.75, 3.05) is 6.54 Å². The van der Waals surface area contributed by atoms with Crippen LogP contribution in [0.3, 0.4) is 0 Å². The Morgan fingerprint density at radius 3 is 1.18 bits per heavy atom. The average Bonchev–Trinajstić information content (AvgIpc) is 1.56. The Labute approximate surface area is 74.0 Å². The minimum absolute atomic E-state index is 0.992. The first-order valence-corrected chi connectivity index (χ1v) is 11.2. The van der Waals surface area contributed by atoms with E-state index in [2.05, 4.69) is 50.4 Å². The molecular formula is C8H22NSi2. The monoisotopic (exact) mass is 188 g/mol. The number of rotatable bonds is 3. The molecule has 0 spiro atoms. The quantitative estimate of drug-likeness (QED) is 0.616. The van der Waals surface area contributed by atoms with E-state index in [1.165, 1.54) is 0 Å². The molecule has 1 radical (unpaired) electrons. The van der Waals surface area contributed by atoms with Crippen LogP contribution in [0.4, 0.5) is 0 Å². The molecule has 0 rings (SSSR count). The van der Waals surface area contributed by atoms with Crippen molar-refractivity contribution in [3.8, 4) is 0 Å². The molecule has 0 bridgehead atoms. The maximum atomic E-state index is 4.01. The van der Waals surface area contributed by atoms with E-state index in [1.807, 2.05) is 0 Å². The van der Waals surface area contributed by atoms with E-state index < -0.39 is 16.5 Å². The fourth-order valence-electron chi connectivity index (χ4n) is 1.68. The Balaban J connectivity index is 4.43. The summed E-state index contributed by atoms with van der Waals surface area (Å²) in [5.41, 5.74) is 0. The van der Waals surface area contributed by atoms with Gasteiger partial charge < -0.3 is 4.23 Å². The maximum absolute atomic E-state index is 4.01. The average molecular weight is 188 g/mol. The molecule has 67 valence electrons. The van der Waals surface area contributed by atoms with E-state index in [4.69, 9.17) is 0 Å². The molecular weight excluding hydrogens is 166 g/mol. The highest BCUT2D eigenvalue weighted by Gasteiger charge is 2.32. The third-order valence-corrected chi connectivity index (χ3v) is 9.55. The third kappa shape index (κ3) is 3.53. The van der Waals surface area contributed by atoms with E-state index in [0.717, 1.165) is 6.54 Å². The normalized spacial score (nSPS) is 14.2. The molecule has 0 aliphatic heterocycles. The Hall–Kier alpha value is 0.394. The first-order chi connectivity index (χ1) is 4.69. The molecule has 0 aliphatic rings. The van der Waals surface area contributed by atoms with Gasteiger partial charge in [0, 0.05) is 0 Å². The van der Waals surface area contributed by atoms with E-state index in [-0.39, 0.29) is 0 Å². The molecule has 0 heterocycles. The molecule has 1 nitrogen and oxygen atoms in total. The Kier molecular flexibility index (Phi) is 3.53. The van der Waals surface area contributed by atoms with Gasteiger partial charge in [-0.2, -0.15) is 0 Å². The van der Waals surface area contributed by atoms with E-state index >= 15 is 0 Å². The van der Waals surface area contributed by atoms with Crippen LogP contribution in [0.1, 0.15) is 0 Å². The second-order valence-corrected chi connectivity index (χ2v) is 15.2. The molecule has 0 saturated heterocycles. The molecule has 0 N–H and O–H groups in total. The Bertz CT molecular complexity index is 107.